The van der Waals surface area contributed by atoms with Crippen molar-refractivity contribution in [2.24, 2.45) is 0 Å². The van der Waals surface area contributed by atoms with Crippen molar-refractivity contribution in [3.63, 3.8) is 0 Å². The molecule has 0 spiro atoms. The predicted octanol–water partition coefficient (Wildman–Crippen LogP) is 19.7. The number of nitrogens with one attached hydrogen (secondary N) is 1. The standard InChI is InChI=1S/C65H121NO5/c1-3-5-7-9-11-13-15-17-18-28-31-34-37-41-45-49-53-57-63(68)62(61-67)66-64(69)58-54-50-46-42-38-35-32-29-26-24-22-20-19-21-23-25-27-30-33-36-40-44-48-52-56-60-71-65(70)59-55-51-47-43-39-16-14-12-10-8-6-4-2/h12,14,20-23,53,57,62-63,67-68H,3-11,13,15-19,24-52,54-56,58-61H2,1-2H3,(H,66,69)/b14-12-,22-20-,23-21-,57-53+. The number of aliphatic hydroxyl groups excluding tert-OH is 2. The van der Waals surface area contributed by atoms with Crippen LogP contribution in [0.2, 0.25) is 0 Å². The van der Waals surface area contributed by atoms with Crippen LogP contribution in [0.5, 0.6) is 0 Å². The fourth-order valence-electron chi connectivity index (χ4n) is 9.48. The summed E-state index contributed by atoms with van der Waals surface area (Å²) < 4.78 is 5.46. The van der Waals surface area contributed by atoms with Gasteiger partial charge in [0, 0.05) is 12.8 Å². The van der Waals surface area contributed by atoms with Crippen LogP contribution in [0, 0.1) is 0 Å². The lowest BCUT2D eigenvalue weighted by molar-refractivity contribution is -0.143. The first-order valence-electron chi connectivity index (χ1n) is 31.4. The topological polar surface area (TPSA) is 95.9 Å². The molecule has 0 saturated carbocycles. The van der Waals surface area contributed by atoms with Crippen molar-refractivity contribution in [2.75, 3.05) is 13.2 Å². The van der Waals surface area contributed by atoms with E-state index in [2.05, 4.69) is 55.6 Å². The van der Waals surface area contributed by atoms with Crippen LogP contribution in [0.1, 0.15) is 328 Å². The SMILES string of the molecule is CCCCC/C=C\CCCCCCCC(=O)OCCCCCCCCCCC/C=C\C/C=C\CCCCCCCCCCCC(=O)NC(CO)C(O)/C=C/CCCCCCCCCCCCCCCCC. The minimum Gasteiger partial charge on any atom is -0.466 e. The van der Waals surface area contributed by atoms with Crippen molar-refractivity contribution in [1.82, 2.24) is 5.32 Å². The number of carbonyl (C=O) groups excluding carboxylic acids is 2. The Morgan fingerprint density at radius 2 is 0.704 bits per heavy atom. The number of esters is 1. The minimum atomic E-state index is -0.849. The van der Waals surface area contributed by atoms with E-state index in [9.17, 15) is 19.8 Å². The van der Waals surface area contributed by atoms with E-state index >= 15 is 0 Å². The summed E-state index contributed by atoms with van der Waals surface area (Å²) >= 11 is 0. The highest BCUT2D eigenvalue weighted by atomic mass is 16.5. The summed E-state index contributed by atoms with van der Waals surface area (Å²) in [5.41, 5.74) is 0. The Labute approximate surface area is 442 Å². The van der Waals surface area contributed by atoms with Crippen LogP contribution in [-0.2, 0) is 14.3 Å². The number of aliphatic hydroxyl groups is 2. The van der Waals surface area contributed by atoms with Crippen LogP contribution in [0.4, 0.5) is 0 Å². The molecule has 3 N–H and O–H groups in total. The molecule has 0 saturated heterocycles. The Morgan fingerprint density at radius 3 is 1.11 bits per heavy atom. The molecule has 0 bridgehead atoms. The Hall–Kier alpha value is -2.18. The number of amides is 1. The molecule has 6 heteroatoms. The van der Waals surface area contributed by atoms with Gasteiger partial charge in [-0.1, -0.05) is 274 Å². The summed E-state index contributed by atoms with van der Waals surface area (Å²) in [6.07, 6.45) is 77.2. The lowest BCUT2D eigenvalue weighted by Gasteiger charge is -2.20. The molecule has 0 rings (SSSR count). The molecule has 0 heterocycles. The van der Waals surface area contributed by atoms with Crippen molar-refractivity contribution in [2.45, 2.75) is 341 Å². The monoisotopic (exact) mass is 996 g/mol. The molecule has 0 aliphatic rings. The van der Waals surface area contributed by atoms with E-state index in [4.69, 9.17) is 4.74 Å². The summed E-state index contributed by atoms with van der Waals surface area (Å²) in [4.78, 5) is 24.5. The average Bonchev–Trinajstić information content (AvgIpc) is 3.37. The summed E-state index contributed by atoms with van der Waals surface area (Å²) in [5.74, 6) is -0.0748. The third-order valence-corrected chi connectivity index (χ3v) is 14.3. The molecule has 1 amide bonds. The van der Waals surface area contributed by atoms with Crippen LogP contribution >= 0.6 is 0 Å². The highest BCUT2D eigenvalue weighted by Crippen LogP contribution is 2.17. The van der Waals surface area contributed by atoms with Crippen molar-refractivity contribution in [1.29, 1.82) is 0 Å². The molecule has 0 aliphatic heterocycles. The molecule has 0 aliphatic carbocycles. The van der Waals surface area contributed by atoms with E-state index in [0.29, 0.717) is 19.4 Å². The molecule has 2 unspecified atom stereocenters. The fourth-order valence-corrected chi connectivity index (χ4v) is 9.48. The largest absolute Gasteiger partial charge is 0.466 e. The maximum absolute atomic E-state index is 12.5. The second-order valence-corrected chi connectivity index (χ2v) is 21.4. The zero-order valence-electron chi connectivity index (χ0n) is 47.5. The molecule has 0 aromatic carbocycles. The maximum atomic E-state index is 12.5. The number of unbranched alkanes of at least 4 members (excludes halogenated alkanes) is 41. The Balaban J connectivity index is 3.47. The van der Waals surface area contributed by atoms with Crippen molar-refractivity contribution in [3.05, 3.63) is 48.6 Å². The van der Waals surface area contributed by atoms with E-state index in [0.717, 1.165) is 51.4 Å². The van der Waals surface area contributed by atoms with E-state index in [1.165, 1.54) is 250 Å². The smallest absolute Gasteiger partial charge is 0.305 e. The van der Waals surface area contributed by atoms with Crippen LogP contribution in [0.25, 0.3) is 0 Å². The number of ether oxygens (including phenoxy) is 1. The Morgan fingerprint density at radius 1 is 0.394 bits per heavy atom. The highest BCUT2D eigenvalue weighted by Gasteiger charge is 2.18. The molecule has 0 fully saturated rings. The Kier molecular flexibility index (Phi) is 58.5. The van der Waals surface area contributed by atoms with Gasteiger partial charge in [-0.05, 0) is 89.9 Å². The molecule has 416 valence electrons. The highest BCUT2D eigenvalue weighted by molar-refractivity contribution is 5.76. The van der Waals surface area contributed by atoms with Gasteiger partial charge in [-0.3, -0.25) is 9.59 Å². The van der Waals surface area contributed by atoms with Crippen LogP contribution in [0.3, 0.4) is 0 Å². The first-order valence-corrected chi connectivity index (χ1v) is 31.4. The van der Waals surface area contributed by atoms with E-state index < -0.39 is 12.1 Å². The second-order valence-electron chi connectivity index (χ2n) is 21.4. The zero-order valence-corrected chi connectivity index (χ0v) is 47.5. The summed E-state index contributed by atoms with van der Waals surface area (Å²) in [5, 5.41) is 23.2. The van der Waals surface area contributed by atoms with Gasteiger partial charge in [0.2, 0.25) is 5.91 Å². The van der Waals surface area contributed by atoms with Gasteiger partial charge in [0.25, 0.3) is 0 Å². The van der Waals surface area contributed by atoms with Gasteiger partial charge in [-0.15, -0.1) is 0 Å². The molecular weight excluding hydrogens is 875 g/mol. The molecule has 0 aromatic heterocycles. The van der Waals surface area contributed by atoms with Crippen molar-refractivity contribution in [3.8, 4) is 0 Å². The number of allylic oxidation sites excluding steroid dienone is 7. The zero-order chi connectivity index (χ0) is 51.4. The number of carbonyl (C=O) groups is 2. The van der Waals surface area contributed by atoms with Crippen LogP contribution in [-0.4, -0.2) is 47.4 Å². The van der Waals surface area contributed by atoms with Gasteiger partial charge >= 0.3 is 5.97 Å². The van der Waals surface area contributed by atoms with Gasteiger partial charge in [0.15, 0.2) is 0 Å². The first kappa shape index (κ1) is 68.8. The van der Waals surface area contributed by atoms with Gasteiger partial charge in [-0.25, -0.2) is 0 Å². The van der Waals surface area contributed by atoms with Crippen LogP contribution < -0.4 is 5.32 Å². The van der Waals surface area contributed by atoms with E-state index in [1.54, 1.807) is 6.08 Å². The predicted molar refractivity (Wildman–Crippen MR) is 310 cm³/mol. The number of hydrogen-bond acceptors (Lipinski definition) is 5. The lowest BCUT2D eigenvalue weighted by atomic mass is 10.0. The van der Waals surface area contributed by atoms with Gasteiger partial charge < -0.3 is 20.3 Å². The molecular formula is C65H121NO5. The minimum absolute atomic E-state index is 0.00188. The van der Waals surface area contributed by atoms with Gasteiger partial charge in [-0.2, -0.15) is 0 Å². The molecule has 6 nitrogen and oxygen atoms in total. The molecule has 71 heavy (non-hydrogen) atoms. The summed E-state index contributed by atoms with van der Waals surface area (Å²) in [7, 11) is 0. The van der Waals surface area contributed by atoms with Gasteiger partial charge in [0.1, 0.15) is 0 Å². The number of rotatable bonds is 58. The summed E-state index contributed by atoms with van der Waals surface area (Å²) in [6.45, 7) is 4.88. The first-order chi connectivity index (χ1) is 35.0. The number of hydrogen-bond donors (Lipinski definition) is 3. The maximum Gasteiger partial charge on any atom is 0.305 e. The normalized spacial score (nSPS) is 12.9. The quantitative estimate of drug-likeness (QED) is 0.0321. The van der Waals surface area contributed by atoms with Crippen molar-refractivity contribution < 1.29 is 24.5 Å². The fraction of sp³-hybridized carbons (Fsp3) is 0.846. The third-order valence-electron chi connectivity index (χ3n) is 14.3. The van der Waals surface area contributed by atoms with E-state index in [1.807, 2.05) is 6.08 Å². The average molecular weight is 997 g/mol. The molecule has 0 radical (unpaired) electrons. The molecule has 0 aromatic rings. The van der Waals surface area contributed by atoms with Gasteiger partial charge in [0.05, 0.1) is 25.4 Å². The van der Waals surface area contributed by atoms with Crippen molar-refractivity contribution >= 4 is 11.9 Å². The second kappa shape index (κ2) is 60.4. The van der Waals surface area contributed by atoms with E-state index in [-0.39, 0.29) is 18.5 Å². The molecule has 2 atom stereocenters. The Bertz CT molecular complexity index is 1190. The van der Waals surface area contributed by atoms with Crippen LogP contribution in [0.15, 0.2) is 48.6 Å². The lowest BCUT2D eigenvalue weighted by Crippen LogP contribution is -2.45. The third kappa shape index (κ3) is 57.0. The summed E-state index contributed by atoms with van der Waals surface area (Å²) in [6, 6.07) is -0.633.